The molecule has 6 heteroatoms. The third-order valence-electron chi connectivity index (χ3n) is 5.28. The maximum Gasteiger partial charge on any atom is 0.308 e. The molecule has 0 bridgehead atoms. The number of carboxylic acids is 1. The van der Waals surface area contributed by atoms with Crippen molar-refractivity contribution < 1.29 is 14.7 Å². The van der Waals surface area contributed by atoms with E-state index in [0.29, 0.717) is 31.7 Å². The first kappa shape index (κ1) is 19.5. The van der Waals surface area contributed by atoms with Crippen LogP contribution in [0, 0.1) is 25.7 Å². The lowest BCUT2D eigenvalue weighted by atomic mass is 9.90. The first-order valence-corrected chi connectivity index (χ1v) is 9.27. The molecule has 25 heavy (non-hydrogen) atoms. The summed E-state index contributed by atoms with van der Waals surface area (Å²) < 4.78 is 2.03. The third-order valence-corrected chi connectivity index (χ3v) is 5.28. The molecular formula is C19H31N3O3. The van der Waals surface area contributed by atoms with E-state index in [1.165, 1.54) is 0 Å². The Morgan fingerprint density at radius 2 is 2.00 bits per heavy atom. The highest BCUT2D eigenvalue weighted by Crippen LogP contribution is 2.25. The number of carboxylic acid groups (broad SMARTS) is 1. The molecular weight excluding hydrogens is 318 g/mol. The van der Waals surface area contributed by atoms with Gasteiger partial charge in [0, 0.05) is 31.2 Å². The van der Waals surface area contributed by atoms with E-state index in [9.17, 15) is 14.7 Å². The second-order valence-corrected chi connectivity index (χ2v) is 7.64. The molecule has 140 valence electrons. The van der Waals surface area contributed by atoms with Crippen LogP contribution < -0.4 is 0 Å². The summed E-state index contributed by atoms with van der Waals surface area (Å²) in [4.78, 5) is 25.8. The molecule has 0 saturated carbocycles. The van der Waals surface area contributed by atoms with Gasteiger partial charge in [0.25, 0.3) is 0 Å². The average molecular weight is 349 g/mol. The molecule has 0 aromatic carbocycles. The fourth-order valence-corrected chi connectivity index (χ4v) is 3.82. The molecule has 1 saturated heterocycles. The number of nitrogens with zero attached hydrogens (tertiary/aromatic N) is 3. The number of amides is 1. The summed E-state index contributed by atoms with van der Waals surface area (Å²) in [7, 11) is 0. The molecule has 0 radical (unpaired) electrons. The summed E-state index contributed by atoms with van der Waals surface area (Å²) in [6, 6.07) is -0.232. The number of carbonyl (C=O) groups excluding carboxylic acids is 1. The minimum absolute atomic E-state index is 0.0499. The van der Waals surface area contributed by atoms with Crippen molar-refractivity contribution in [1.82, 2.24) is 14.7 Å². The molecule has 6 nitrogen and oxygen atoms in total. The van der Waals surface area contributed by atoms with Gasteiger partial charge in [0.1, 0.15) is 0 Å². The summed E-state index contributed by atoms with van der Waals surface area (Å²) in [5, 5.41) is 13.9. The van der Waals surface area contributed by atoms with E-state index < -0.39 is 11.9 Å². The van der Waals surface area contributed by atoms with E-state index in [1.54, 1.807) is 4.90 Å². The van der Waals surface area contributed by atoms with Gasteiger partial charge in [-0.3, -0.25) is 14.3 Å². The van der Waals surface area contributed by atoms with Crippen molar-refractivity contribution in [1.29, 1.82) is 0 Å². The molecule has 1 aromatic heterocycles. The van der Waals surface area contributed by atoms with Crippen molar-refractivity contribution in [3.05, 3.63) is 17.0 Å². The second-order valence-electron chi connectivity index (χ2n) is 7.64. The van der Waals surface area contributed by atoms with E-state index in [-0.39, 0.29) is 11.9 Å². The maximum atomic E-state index is 12.7. The van der Waals surface area contributed by atoms with Crippen LogP contribution in [0.2, 0.25) is 0 Å². The van der Waals surface area contributed by atoms with Gasteiger partial charge in [-0.05, 0) is 51.5 Å². The van der Waals surface area contributed by atoms with E-state index >= 15 is 0 Å². The monoisotopic (exact) mass is 349 g/mol. The highest BCUT2D eigenvalue weighted by Gasteiger charge is 2.35. The Morgan fingerprint density at radius 1 is 1.32 bits per heavy atom. The summed E-state index contributed by atoms with van der Waals surface area (Å²) in [5.74, 6) is -0.676. The lowest BCUT2D eigenvalue weighted by Gasteiger charge is -2.37. The fourth-order valence-electron chi connectivity index (χ4n) is 3.82. The Labute approximate surface area is 150 Å². The Balaban J connectivity index is 2.02. The van der Waals surface area contributed by atoms with E-state index in [1.807, 2.05) is 18.5 Å². The number of rotatable bonds is 6. The normalized spacial score (nSPS) is 21.0. The summed E-state index contributed by atoms with van der Waals surface area (Å²) in [5.41, 5.74) is 3.27. The van der Waals surface area contributed by atoms with Crippen LogP contribution in [0.1, 0.15) is 57.0 Å². The average Bonchev–Trinajstić information content (AvgIpc) is 2.78. The van der Waals surface area contributed by atoms with Crippen LogP contribution in [-0.2, 0) is 22.6 Å². The van der Waals surface area contributed by atoms with Gasteiger partial charge in [-0.15, -0.1) is 0 Å². The third kappa shape index (κ3) is 4.41. The number of aromatic nitrogens is 2. The molecule has 1 aliphatic rings. The number of aryl methyl sites for hydroxylation is 1. The molecule has 0 spiro atoms. The molecule has 2 rings (SSSR count). The highest BCUT2D eigenvalue weighted by molar-refractivity contribution is 5.79. The van der Waals surface area contributed by atoms with Gasteiger partial charge in [0.15, 0.2) is 0 Å². The van der Waals surface area contributed by atoms with Crippen molar-refractivity contribution >= 4 is 11.9 Å². The van der Waals surface area contributed by atoms with Crippen molar-refractivity contribution in [3.63, 3.8) is 0 Å². The van der Waals surface area contributed by atoms with Crippen LogP contribution in [0.25, 0.3) is 0 Å². The smallest absolute Gasteiger partial charge is 0.308 e. The van der Waals surface area contributed by atoms with E-state index in [2.05, 4.69) is 25.9 Å². The van der Waals surface area contributed by atoms with Gasteiger partial charge in [-0.25, -0.2) is 0 Å². The van der Waals surface area contributed by atoms with Crippen molar-refractivity contribution in [2.75, 3.05) is 6.54 Å². The van der Waals surface area contributed by atoms with Crippen LogP contribution in [0.3, 0.4) is 0 Å². The van der Waals surface area contributed by atoms with Gasteiger partial charge in [-0.2, -0.15) is 5.10 Å². The van der Waals surface area contributed by atoms with E-state index in [4.69, 9.17) is 0 Å². The van der Waals surface area contributed by atoms with Gasteiger partial charge in [0.2, 0.25) is 5.91 Å². The van der Waals surface area contributed by atoms with Crippen molar-refractivity contribution in [2.24, 2.45) is 11.8 Å². The Kier molecular flexibility index (Phi) is 6.25. The summed E-state index contributed by atoms with van der Waals surface area (Å²) in [6.07, 6.45) is 2.49. The van der Waals surface area contributed by atoms with E-state index in [0.717, 1.165) is 29.9 Å². The van der Waals surface area contributed by atoms with Gasteiger partial charge >= 0.3 is 5.97 Å². The molecule has 0 aliphatic carbocycles. The Bertz CT molecular complexity index is 636. The quantitative estimate of drug-likeness (QED) is 0.857. The summed E-state index contributed by atoms with van der Waals surface area (Å²) in [6.45, 7) is 11.8. The lowest BCUT2D eigenvalue weighted by molar-refractivity contribution is -0.149. The first-order valence-electron chi connectivity index (χ1n) is 9.27. The number of likely N-dealkylation sites (tertiary alicyclic amines) is 1. The molecule has 2 atom stereocenters. The lowest BCUT2D eigenvalue weighted by Crippen LogP contribution is -2.49. The summed E-state index contributed by atoms with van der Waals surface area (Å²) >= 11 is 0. The maximum absolute atomic E-state index is 12.7. The van der Waals surface area contributed by atoms with Crippen molar-refractivity contribution in [2.45, 2.75) is 72.9 Å². The number of hydrogen-bond donors (Lipinski definition) is 1. The molecule has 1 fully saturated rings. The Morgan fingerprint density at radius 3 is 2.60 bits per heavy atom. The van der Waals surface area contributed by atoms with Gasteiger partial charge < -0.3 is 10.0 Å². The SMILES string of the molecule is Cc1nn(CC(C)C)c(C)c1CCC(=O)N1CCC[C@H](C(=O)O)[C@@H]1C. The minimum Gasteiger partial charge on any atom is -0.481 e. The number of aliphatic carboxylic acids is 1. The largest absolute Gasteiger partial charge is 0.481 e. The van der Waals surface area contributed by atoms with Crippen LogP contribution in [0.15, 0.2) is 0 Å². The molecule has 2 heterocycles. The topological polar surface area (TPSA) is 75.4 Å². The fraction of sp³-hybridized carbons (Fsp3) is 0.737. The predicted octanol–water partition coefficient (Wildman–Crippen LogP) is 2.80. The van der Waals surface area contributed by atoms with Gasteiger partial charge in [-0.1, -0.05) is 13.8 Å². The molecule has 1 N–H and O–H groups in total. The zero-order valence-corrected chi connectivity index (χ0v) is 16.1. The van der Waals surface area contributed by atoms with Crippen LogP contribution in [0.5, 0.6) is 0 Å². The van der Waals surface area contributed by atoms with Crippen LogP contribution in [0.4, 0.5) is 0 Å². The zero-order chi connectivity index (χ0) is 18.7. The molecule has 0 unspecified atom stereocenters. The second kappa shape index (κ2) is 8.02. The molecule has 1 aromatic rings. The number of hydrogen-bond acceptors (Lipinski definition) is 3. The zero-order valence-electron chi connectivity index (χ0n) is 16.1. The first-order chi connectivity index (χ1) is 11.7. The van der Waals surface area contributed by atoms with Crippen LogP contribution in [-0.4, -0.2) is 44.3 Å². The predicted molar refractivity (Wildman–Crippen MR) is 96.4 cm³/mol. The minimum atomic E-state index is -0.799. The number of carbonyl (C=O) groups is 2. The van der Waals surface area contributed by atoms with Crippen LogP contribution >= 0.6 is 0 Å². The standard InChI is InChI=1S/C19H31N3O3/c1-12(2)11-22-15(5)16(13(3)20-22)8-9-18(23)21-10-6-7-17(14(21)4)19(24)25/h12,14,17H,6-11H2,1-5H3,(H,24,25)/t14-,17-/m0/s1. The highest BCUT2D eigenvalue weighted by atomic mass is 16.4. The Hall–Kier alpha value is -1.85. The molecule has 1 amide bonds. The molecule has 1 aliphatic heterocycles. The van der Waals surface area contributed by atoms with Gasteiger partial charge in [0.05, 0.1) is 11.6 Å². The van der Waals surface area contributed by atoms with Crippen molar-refractivity contribution in [3.8, 4) is 0 Å². The number of piperidine rings is 1.